The fourth-order valence-electron chi connectivity index (χ4n) is 3.88. The molecule has 0 radical (unpaired) electrons. The Morgan fingerprint density at radius 2 is 2.03 bits per heavy atom. The van der Waals surface area contributed by atoms with Crippen LogP contribution in [0.2, 0.25) is 10.0 Å². The topological polar surface area (TPSA) is 93.8 Å². The number of nitrogens with zero attached hydrogens (tertiary/aromatic N) is 2. The van der Waals surface area contributed by atoms with Crippen molar-refractivity contribution < 1.29 is 39.3 Å². The van der Waals surface area contributed by atoms with Crippen LogP contribution in [-0.2, 0) is 15.2 Å². The van der Waals surface area contributed by atoms with Crippen molar-refractivity contribution in [3.05, 3.63) is 97.2 Å². The fourth-order valence-corrected chi connectivity index (χ4v) is 4.43. The summed E-state index contributed by atoms with van der Waals surface area (Å²) in [4.78, 5) is 28.3. The standard InChI is InChI=1S/C23H16Cl2F3N3O4/c24-15-9-14(10-16(25)11-15)22(23(26,27)28)12-19(30-35-22)13-4-3-5-17(8-13)29-21(32)18-6-1-2-7-20(18)31(33)34/h1,3-6,8-11,24H,2,7,12H2/p+1. The largest absolute Gasteiger partial charge is 0.435 e. The van der Waals surface area contributed by atoms with Crippen molar-refractivity contribution >= 4 is 28.9 Å². The Labute approximate surface area is 207 Å². The average molecular weight is 527 g/mol. The summed E-state index contributed by atoms with van der Waals surface area (Å²) in [6, 6.07) is 9.62. The second-order valence-electron chi connectivity index (χ2n) is 7.90. The normalized spacial score (nSPS) is 19.9. The molecule has 7 nitrogen and oxygen atoms in total. The highest BCUT2D eigenvalue weighted by molar-refractivity contribution is 6.30. The summed E-state index contributed by atoms with van der Waals surface area (Å²) in [6.07, 6.45) is -1.88. The van der Waals surface area contributed by atoms with Gasteiger partial charge in [0.1, 0.15) is 5.57 Å². The van der Waals surface area contributed by atoms with Gasteiger partial charge in [-0.05, 0) is 30.7 Å². The second-order valence-corrected chi connectivity index (χ2v) is 8.81. The van der Waals surface area contributed by atoms with Gasteiger partial charge in [-0.3, -0.25) is 14.9 Å². The smallest absolute Gasteiger partial charge is 0.374 e. The van der Waals surface area contributed by atoms with Crippen LogP contribution in [0.4, 0.5) is 18.9 Å². The summed E-state index contributed by atoms with van der Waals surface area (Å²) in [6.45, 7) is 0. The highest BCUT2D eigenvalue weighted by Crippen LogP contribution is 2.49. The Morgan fingerprint density at radius 1 is 1.26 bits per heavy atom. The van der Waals surface area contributed by atoms with E-state index < -0.39 is 29.0 Å². The van der Waals surface area contributed by atoms with E-state index in [9.17, 15) is 28.1 Å². The van der Waals surface area contributed by atoms with Crippen molar-refractivity contribution in [2.45, 2.75) is 31.0 Å². The molecule has 1 atom stereocenters. The molecule has 1 amide bonds. The Balaban J connectivity index is 1.61. The summed E-state index contributed by atoms with van der Waals surface area (Å²) in [5, 5.41) is 17.7. The lowest BCUT2D eigenvalue weighted by Gasteiger charge is -2.29. The Morgan fingerprint density at radius 3 is 2.71 bits per heavy atom. The molecule has 1 aliphatic carbocycles. The summed E-state index contributed by atoms with van der Waals surface area (Å²) in [5.41, 5.74) is -2.83. The van der Waals surface area contributed by atoms with Crippen molar-refractivity contribution in [1.82, 2.24) is 0 Å². The molecule has 1 unspecified atom stereocenters. The van der Waals surface area contributed by atoms with Gasteiger partial charge >= 0.3 is 6.18 Å². The molecule has 2 aliphatic rings. The first-order valence-electron chi connectivity index (χ1n) is 10.3. The molecule has 12 heteroatoms. The summed E-state index contributed by atoms with van der Waals surface area (Å²) in [7, 11) is 0. The lowest BCUT2D eigenvalue weighted by Crippen LogP contribution is -2.42. The van der Waals surface area contributed by atoms with Crippen LogP contribution in [0.25, 0.3) is 0 Å². The van der Waals surface area contributed by atoms with Gasteiger partial charge < -0.3 is 10.2 Å². The van der Waals surface area contributed by atoms with E-state index >= 15 is 0 Å². The average Bonchev–Trinajstić information content (AvgIpc) is 3.26. The zero-order chi connectivity index (χ0) is 25.4. The van der Waals surface area contributed by atoms with Crippen molar-refractivity contribution in [2.24, 2.45) is 5.16 Å². The molecular weight excluding hydrogens is 510 g/mol. The number of nitro groups is 1. The van der Waals surface area contributed by atoms with Crippen molar-refractivity contribution in [3.8, 4) is 0 Å². The summed E-state index contributed by atoms with van der Waals surface area (Å²) >= 11 is 11.0. The Hall–Kier alpha value is -3.37. The third kappa shape index (κ3) is 4.89. The number of carbonyl (C=O) groups excluding carboxylic acids is 1. The number of hydrogen-bond donors (Lipinski definition) is 1. The van der Waals surface area contributed by atoms with E-state index in [0.717, 1.165) is 6.07 Å². The first-order chi connectivity index (χ1) is 16.5. The van der Waals surface area contributed by atoms with Gasteiger partial charge in [-0.15, -0.1) is 0 Å². The number of anilines is 1. The molecule has 4 rings (SSSR count). The number of rotatable bonds is 5. The van der Waals surface area contributed by atoms with E-state index in [4.69, 9.17) is 28.0 Å². The van der Waals surface area contributed by atoms with Crippen LogP contribution < -0.4 is 5.32 Å². The lowest BCUT2D eigenvalue weighted by molar-refractivity contribution is -0.428. The van der Waals surface area contributed by atoms with Crippen LogP contribution in [-0.4, -0.2) is 22.7 Å². The first kappa shape index (κ1) is 24.7. The van der Waals surface area contributed by atoms with Crippen LogP contribution >= 0.6 is 11.6 Å². The molecule has 0 bridgehead atoms. The third-order valence-corrected chi connectivity index (χ3v) is 6.04. The zero-order valence-electron chi connectivity index (χ0n) is 17.8. The number of oxime groups is 1. The summed E-state index contributed by atoms with van der Waals surface area (Å²) in [5.74, 6) is -0.698. The number of benzene rings is 2. The first-order valence-corrected chi connectivity index (χ1v) is 11.0. The van der Waals surface area contributed by atoms with E-state index in [1.54, 1.807) is 6.08 Å². The minimum Gasteiger partial charge on any atom is -0.374 e. The van der Waals surface area contributed by atoms with E-state index in [-0.39, 0.29) is 50.3 Å². The van der Waals surface area contributed by atoms with E-state index in [1.165, 1.54) is 42.5 Å². The SMILES string of the molecule is O=C(Nc1cccc(C2=NOC(c3cc(Cl)cc([ClH+])c3)(C(F)(F)F)C2)c1)C1=C([N+](=O)[O-])CCC=C1. The number of nitrogens with one attached hydrogen (secondary N) is 1. The molecule has 0 saturated heterocycles. The van der Waals surface area contributed by atoms with Crippen LogP contribution in [0.5, 0.6) is 0 Å². The van der Waals surface area contributed by atoms with Crippen LogP contribution in [0.1, 0.15) is 30.4 Å². The van der Waals surface area contributed by atoms with Crippen LogP contribution in [0, 0.1) is 21.7 Å². The molecule has 0 aromatic heterocycles. The molecular formula is C23H17Cl2F3N3O4+. The zero-order valence-corrected chi connectivity index (χ0v) is 19.3. The van der Waals surface area contributed by atoms with Gasteiger partial charge in [-0.2, -0.15) is 13.2 Å². The Bertz CT molecular complexity index is 1290. The molecule has 182 valence electrons. The second kappa shape index (κ2) is 9.35. The van der Waals surface area contributed by atoms with Gasteiger partial charge in [0.2, 0.25) is 5.02 Å². The number of alkyl halides is 3. The molecule has 0 fully saturated rings. The molecule has 1 aliphatic heterocycles. The maximum Gasteiger partial charge on any atom is 0.435 e. The van der Waals surface area contributed by atoms with Gasteiger partial charge in [0.25, 0.3) is 17.2 Å². The van der Waals surface area contributed by atoms with Crippen LogP contribution in [0.3, 0.4) is 0 Å². The highest BCUT2D eigenvalue weighted by Gasteiger charge is 2.62. The molecule has 2 aromatic rings. The number of carbonyl (C=O) groups is 1. The van der Waals surface area contributed by atoms with Gasteiger partial charge in [0.15, 0.2) is 11.6 Å². The van der Waals surface area contributed by atoms with Gasteiger partial charge in [0.05, 0.1) is 10.6 Å². The fraction of sp³-hybridized carbons (Fsp3) is 0.217. The van der Waals surface area contributed by atoms with Crippen molar-refractivity contribution in [3.63, 3.8) is 0 Å². The van der Waals surface area contributed by atoms with Gasteiger partial charge in [-0.25, -0.2) is 0 Å². The summed E-state index contributed by atoms with van der Waals surface area (Å²) < 4.78 is 42.6. The van der Waals surface area contributed by atoms with Crippen molar-refractivity contribution in [2.75, 3.05) is 5.32 Å². The minimum atomic E-state index is -4.84. The lowest BCUT2D eigenvalue weighted by atomic mass is 9.86. The monoisotopic (exact) mass is 526 g/mol. The van der Waals surface area contributed by atoms with E-state index in [0.29, 0.717) is 6.42 Å². The molecule has 0 spiro atoms. The highest BCUT2D eigenvalue weighted by atomic mass is 35.5. The Kier molecular flexibility index (Phi) is 6.61. The predicted octanol–water partition coefficient (Wildman–Crippen LogP) is 5.44. The number of amides is 1. The predicted molar refractivity (Wildman–Crippen MR) is 119 cm³/mol. The van der Waals surface area contributed by atoms with E-state index in [2.05, 4.69) is 10.5 Å². The molecule has 0 saturated carbocycles. The molecule has 35 heavy (non-hydrogen) atoms. The number of hydrogen-bond acceptors (Lipinski definition) is 5. The van der Waals surface area contributed by atoms with Crippen LogP contribution in [0.15, 0.2) is 71.0 Å². The van der Waals surface area contributed by atoms with Crippen molar-refractivity contribution in [1.29, 1.82) is 0 Å². The third-order valence-electron chi connectivity index (χ3n) is 5.59. The molecule has 1 N–H and O–H groups in total. The van der Waals surface area contributed by atoms with Gasteiger partial charge in [0, 0.05) is 46.8 Å². The number of halogens is 5. The molecule has 2 aromatic carbocycles. The van der Waals surface area contributed by atoms with Gasteiger partial charge in [-0.1, -0.05) is 35.0 Å². The maximum absolute atomic E-state index is 14.2. The number of allylic oxidation sites excluding steroid dienone is 2. The molecule has 1 heterocycles. The minimum absolute atomic E-state index is 0.00734. The quantitative estimate of drug-likeness (QED) is 0.414. The van der Waals surface area contributed by atoms with E-state index in [1.807, 2.05) is 0 Å². The maximum atomic E-state index is 14.2.